The standard InChI is InChI=1S/C13H16OSi/c1-15(2,3)13-9-6-8-12(11-13)7-4-5-10-14/h6,8-11H,5H2,1-3H3. The van der Waals surface area contributed by atoms with Gasteiger partial charge in [-0.2, -0.15) is 0 Å². The Balaban J connectivity index is 2.94. The first-order chi connectivity index (χ1) is 7.04. The molecule has 0 radical (unpaired) electrons. The van der Waals surface area contributed by atoms with Crippen molar-refractivity contribution in [1.29, 1.82) is 0 Å². The summed E-state index contributed by atoms with van der Waals surface area (Å²) in [6, 6.07) is 8.33. The van der Waals surface area contributed by atoms with Gasteiger partial charge in [0.25, 0.3) is 0 Å². The normalized spacial score (nSPS) is 10.3. The first-order valence-electron chi connectivity index (χ1n) is 5.07. The fraction of sp³-hybridized carbons (Fsp3) is 0.308. The van der Waals surface area contributed by atoms with Gasteiger partial charge in [0.2, 0.25) is 0 Å². The van der Waals surface area contributed by atoms with E-state index in [1.807, 2.05) is 12.1 Å². The van der Waals surface area contributed by atoms with Crippen LogP contribution in [0.2, 0.25) is 19.6 Å². The molecule has 0 aliphatic rings. The van der Waals surface area contributed by atoms with Crippen LogP contribution in [0.3, 0.4) is 0 Å². The summed E-state index contributed by atoms with van der Waals surface area (Å²) in [7, 11) is -1.25. The van der Waals surface area contributed by atoms with Gasteiger partial charge in [-0.3, -0.25) is 0 Å². The molecule has 0 atom stereocenters. The van der Waals surface area contributed by atoms with Crippen LogP contribution in [-0.4, -0.2) is 14.4 Å². The Kier molecular flexibility index (Phi) is 3.87. The summed E-state index contributed by atoms with van der Waals surface area (Å²) in [5.74, 6) is 5.83. The smallest absolute Gasteiger partial charge is 0.131 e. The van der Waals surface area contributed by atoms with Gasteiger partial charge in [-0.05, 0) is 12.1 Å². The molecule has 15 heavy (non-hydrogen) atoms. The highest BCUT2D eigenvalue weighted by Gasteiger charge is 2.15. The van der Waals surface area contributed by atoms with Crippen molar-refractivity contribution in [2.24, 2.45) is 0 Å². The van der Waals surface area contributed by atoms with Crippen molar-refractivity contribution in [2.75, 3.05) is 0 Å². The second-order valence-corrected chi connectivity index (χ2v) is 9.58. The van der Waals surface area contributed by atoms with Crippen molar-refractivity contribution in [1.82, 2.24) is 0 Å². The van der Waals surface area contributed by atoms with E-state index in [-0.39, 0.29) is 0 Å². The summed E-state index contributed by atoms with van der Waals surface area (Å²) >= 11 is 0. The zero-order valence-corrected chi connectivity index (χ0v) is 10.5. The molecule has 0 aliphatic carbocycles. The van der Waals surface area contributed by atoms with Crippen LogP contribution >= 0.6 is 0 Å². The van der Waals surface area contributed by atoms with E-state index in [1.165, 1.54) is 5.19 Å². The molecule has 1 nitrogen and oxygen atoms in total. The molecule has 0 saturated heterocycles. The highest BCUT2D eigenvalue weighted by molar-refractivity contribution is 6.88. The Labute approximate surface area is 92.5 Å². The van der Waals surface area contributed by atoms with Crippen LogP contribution in [0.4, 0.5) is 0 Å². The van der Waals surface area contributed by atoms with Crippen molar-refractivity contribution in [3.8, 4) is 11.8 Å². The molecule has 1 aromatic carbocycles. The van der Waals surface area contributed by atoms with E-state index in [2.05, 4.69) is 43.6 Å². The van der Waals surface area contributed by atoms with Gasteiger partial charge in [0.15, 0.2) is 0 Å². The summed E-state index contributed by atoms with van der Waals surface area (Å²) in [6.45, 7) is 6.93. The second-order valence-electron chi connectivity index (χ2n) is 4.50. The minimum atomic E-state index is -1.25. The molecule has 1 rings (SSSR count). The van der Waals surface area contributed by atoms with Gasteiger partial charge in [0.1, 0.15) is 6.29 Å². The minimum Gasteiger partial charge on any atom is -0.302 e. The van der Waals surface area contributed by atoms with E-state index in [4.69, 9.17) is 0 Å². The molecule has 1 aromatic rings. The molecule has 0 heterocycles. The van der Waals surface area contributed by atoms with E-state index in [9.17, 15) is 4.79 Å². The quantitative estimate of drug-likeness (QED) is 0.421. The van der Waals surface area contributed by atoms with Gasteiger partial charge < -0.3 is 4.79 Å². The molecular formula is C13H16OSi. The van der Waals surface area contributed by atoms with Crippen LogP contribution in [0.15, 0.2) is 24.3 Å². The number of aldehydes is 1. The fourth-order valence-corrected chi connectivity index (χ4v) is 2.44. The van der Waals surface area contributed by atoms with E-state index >= 15 is 0 Å². The lowest BCUT2D eigenvalue weighted by Gasteiger charge is -2.16. The van der Waals surface area contributed by atoms with Crippen molar-refractivity contribution < 1.29 is 4.79 Å². The van der Waals surface area contributed by atoms with Crippen LogP contribution in [0.5, 0.6) is 0 Å². The SMILES string of the molecule is C[Si](C)(C)c1cccc(C#CCC=O)c1. The summed E-state index contributed by atoms with van der Waals surface area (Å²) in [4.78, 5) is 10.1. The zero-order valence-electron chi connectivity index (χ0n) is 9.50. The van der Waals surface area contributed by atoms with Crippen molar-refractivity contribution >= 4 is 19.5 Å². The molecule has 0 fully saturated rings. The molecule has 0 aromatic heterocycles. The number of rotatable bonds is 2. The maximum Gasteiger partial charge on any atom is 0.131 e. The summed E-state index contributed by atoms with van der Waals surface area (Å²) < 4.78 is 0. The largest absolute Gasteiger partial charge is 0.302 e. The number of hydrogen-bond acceptors (Lipinski definition) is 1. The first kappa shape index (κ1) is 11.7. The van der Waals surface area contributed by atoms with Crippen molar-refractivity contribution in [3.63, 3.8) is 0 Å². The third-order valence-corrected chi connectivity index (χ3v) is 4.19. The summed E-state index contributed by atoms with van der Waals surface area (Å²) in [5, 5.41) is 1.40. The van der Waals surface area contributed by atoms with E-state index in [0.29, 0.717) is 6.42 Å². The molecule has 0 saturated carbocycles. The average Bonchev–Trinajstić information content (AvgIpc) is 2.17. The van der Waals surface area contributed by atoms with Crippen molar-refractivity contribution in [2.45, 2.75) is 26.1 Å². The van der Waals surface area contributed by atoms with Crippen LogP contribution in [0, 0.1) is 11.8 Å². The van der Waals surface area contributed by atoms with Gasteiger partial charge in [-0.15, -0.1) is 0 Å². The van der Waals surface area contributed by atoms with Gasteiger partial charge in [0, 0.05) is 5.56 Å². The lowest BCUT2D eigenvalue weighted by molar-refractivity contribution is -0.107. The van der Waals surface area contributed by atoms with Crippen molar-refractivity contribution in [3.05, 3.63) is 29.8 Å². The van der Waals surface area contributed by atoms with Crippen LogP contribution in [0.1, 0.15) is 12.0 Å². The minimum absolute atomic E-state index is 0.317. The number of carbonyl (C=O) groups excluding carboxylic acids is 1. The second kappa shape index (κ2) is 4.95. The van der Waals surface area contributed by atoms with E-state index < -0.39 is 8.07 Å². The van der Waals surface area contributed by atoms with E-state index in [1.54, 1.807) is 0 Å². The van der Waals surface area contributed by atoms with Gasteiger partial charge in [0.05, 0.1) is 14.5 Å². The number of benzene rings is 1. The maximum atomic E-state index is 10.1. The Morgan fingerprint density at radius 1 is 1.33 bits per heavy atom. The molecule has 0 spiro atoms. The van der Waals surface area contributed by atoms with Gasteiger partial charge in [-0.25, -0.2) is 0 Å². The maximum absolute atomic E-state index is 10.1. The highest BCUT2D eigenvalue weighted by Crippen LogP contribution is 2.04. The molecular weight excluding hydrogens is 200 g/mol. The van der Waals surface area contributed by atoms with Crippen LogP contribution in [-0.2, 0) is 4.79 Å². The lowest BCUT2D eigenvalue weighted by atomic mass is 10.2. The van der Waals surface area contributed by atoms with Crippen LogP contribution in [0.25, 0.3) is 0 Å². The molecule has 2 heteroatoms. The van der Waals surface area contributed by atoms with Crippen LogP contribution < -0.4 is 5.19 Å². The molecule has 0 bridgehead atoms. The predicted octanol–water partition coefficient (Wildman–Crippen LogP) is 2.17. The Morgan fingerprint density at radius 3 is 2.67 bits per heavy atom. The topological polar surface area (TPSA) is 17.1 Å². The summed E-state index contributed by atoms with van der Waals surface area (Å²) in [5.41, 5.74) is 1.01. The average molecular weight is 216 g/mol. The predicted molar refractivity (Wildman–Crippen MR) is 67.0 cm³/mol. The monoisotopic (exact) mass is 216 g/mol. The Bertz CT molecular complexity index is 405. The lowest BCUT2D eigenvalue weighted by Crippen LogP contribution is -2.37. The molecule has 78 valence electrons. The van der Waals surface area contributed by atoms with E-state index in [0.717, 1.165) is 11.8 Å². The first-order valence-corrected chi connectivity index (χ1v) is 8.57. The Morgan fingerprint density at radius 2 is 2.07 bits per heavy atom. The third kappa shape index (κ3) is 3.73. The van der Waals surface area contributed by atoms with Gasteiger partial charge in [-0.1, -0.05) is 48.8 Å². The molecule has 0 unspecified atom stereocenters. The molecule has 0 N–H and O–H groups in total. The number of carbonyl (C=O) groups is 1. The third-order valence-electron chi connectivity index (χ3n) is 2.15. The van der Waals surface area contributed by atoms with Gasteiger partial charge >= 0.3 is 0 Å². The molecule has 0 amide bonds. The number of hydrogen-bond donors (Lipinski definition) is 0. The molecule has 0 aliphatic heterocycles. The fourth-order valence-electron chi connectivity index (χ4n) is 1.26. The summed E-state index contributed by atoms with van der Waals surface area (Å²) in [6.07, 6.45) is 1.15. The highest BCUT2D eigenvalue weighted by atomic mass is 28.3. The Hall–Kier alpha value is -1.33. The zero-order chi connectivity index (χ0) is 11.3.